The Morgan fingerprint density at radius 3 is 2.22 bits per heavy atom. The molecule has 0 aliphatic rings. The molecule has 23 heavy (non-hydrogen) atoms. The van der Waals surface area contributed by atoms with Crippen molar-refractivity contribution >= 4 is 23.4 Å². The van der Waals surface area contributed by atoms with E-state index in [1.807, 2.05) is 26.8 Å². The highest BCUT2D eigenvalue weighted by molar-refractivity contribution is 6.03. The number of urea groups is 1. The van der Waals surface area contributed by atoms with Gasteiger partial charge in [0.1, 0.15) is 5.82 Å². The minimum atomic E-state index is -0.318. The van der Waals surface area contributed by atoms with E-state index in [0.717, 1.165) is 0 Å². The van der Waals surface area contributed by atoms with Crippen LogP contribution in [0.25, 0.3) is 0 Å². The van der Waals surface area contributed by atoms with Crippen LogP contribution in [0.15, 0.2) is 48.7 Å². The number of carbonyl (C=O) groups excluding carboxylic acids is 2. The van der Waals surface area contributed by atoms with Gasteiger partial charge in [-0.1, -0.05) is 18.2 Å². The van der Waals surface area contributed by atoms with Crippen LogP contribution in [0.3, 0.4) is 0 Å². The summed E-state index contributed by atoms with van der Waals surface area (Å²) in [6.45, 7) is 5.69. The zero-order valence-electron chi connectivity index (χ0n) is 13.4. The SMILES string of the molecule is CC(C)(C)NC(=O)Nc1ccc(NC(=O)c2ccccc2)nc1. The van der Waals surface area contributed by atoms with Crippen molar-refractivity contribution in [1.82, 2.24) is 10.3 Å². The number of benzene rings is 1. The highest BCUT2D eigenvalue weighted by Crippen LogP contribution is 2.11. The predicted octanol–water partition coefficient (Wildman–Crippen LogP) is 3.25. The summed E-state index contributed by atoms with van der Waals surface area (Å²) in [4.78, 5) is 27.9. The average molecular weight is 312 g/mol. The van der Waals surface area contributed by atoms with Gasteiger partial charge in [0.05, 0.1) is 11.9 Å². The van der Waals surface area contributed by atoms with Crippen molar-refractivity contribution in [3.8, 4) is 0 Å². The lowest BCUT2D eigenvalue weighted by atomic mass is 10.1. The van der Waals surface area contributed by atoms with E-state index in [9.17, 15) is 9.59 Å². The van der Waals surface area contributed by atoms with Gasteiger partial charge in [-0.3, -0.25) is 4.79 Å². The number of hydrogen-bond acceptors (Lipinski definition) is 3. The third kappa shape index (κ3) is 5.43. The van der Waals surface area contributed by atoms with Gasteiger partial charge in [0, 0.05) is 11.1 Å². The third-order valence-corrected chi connectivity index (χ3v) is 2.79. The second-order valence-electron chi connectivity index (χ2n) is 6.08. The van der Waals surface area contributed by atoms with E-state index >= 15 is 0 Å². The molecule has 2 aromatic rings. The third-order valence-electron chi connectivity index (χ3n) is 2.79. The van der Waals surface area contributed by atoms with Crippen molar-refractivity contribution in [3.05, 3.63) is 54.2 Å². The molecule has 2 rings (SSSR count). The Bertz CT molecular complexity index is 676. The van der Waals surface area contributed by atoms with Gasteiger partial charge in [-0.15, -0.1) is 0 Å². The van der Waals surface area contributed by atoms with Gasteiger partial charge in [0.2, 0.25) is 0 Å². The first-order chi connectivity index (χ1) is 10.8. The Balaban J connectivity index is 1.95. The Morgan fingerprint density at radius 2 is 1.65 bits per heavy atom. The van der Waals surface area contributed by atoms with E-state index in [1.165, 1.54) is 6.20 Å². The lowest BCUT2D eigenvalue weighted by Crippen LogP contribution is -2.43. The molecule has 6 nitrogen and oxygen atoms in total. The van der Waals surface area contributed by atoms with E-state index in [-0.39, 0.29) is 17.5 Å². The van der Waals surface area contributed by atoms with Crippen molar-refractivity contribution in [2.75, 3.05) is 10.6 Å². The molecule has 1 heterocycles. The van der Waals surface area contributed by atoms with Gasteiger partial charge in [0.15, 0.2) is 0 Å². The lowest BCUT2D eigenvalue weighted by molar-refractivity contribution is 0.102. The van der Waals surface area contributed by atoms with E-state index in [2.05, 4.69) is 20.9 Å². The summed E-state index contributed by atoms with van der Waals surface area (Å²) in [7, 11) is 0. The van der Waals surface area contributed by atoms with Gasteiger partial charge in [-0.2, -0.15) is 0 Å². The summed E-state index contributed by atoms with van der Waals surface area (Å²) in [6, 6.07) is 11.9. The van der Waals surface area contributed by atoms with Crippen LogP contribution in [-0.2, 0) is 0 Å². The normalized spacial score (nSPS) is 10.7. The number of rotatable bonds is 3. The molecule has 3 N–H and O–H groups in total. The first kappa shape index (κ1) is 16.5. The number of nitrogens with zero attached hydrogens (tertiary/aromatic N) is 1. The maximum absolute atomic E-state index is 12.0. The fourth-order valence-corrected chi connectivity index (χ4v) is 1.82. The fraction of sp³-hybridized carbons (Fsp3) is 0.235. The first-order valence-electron chi connectivity index (χ1n) is 7.25. The number of nitrogens with one attached hydrogen (secondary N) is 3. The standard InChI is InChI=1S/C17H20N4O2/c1-17(2,3)21-16(23)19-13-9-10-14(18-11-13)20-15(22)12-7-5-4-6-8-12/h4-11H,1-3H3,(H,18,20,22)(H2,19,21,23). The topological polar surface area (TPSA) is 83.1 Å². The van der Waals surface area contributed by atoms with E-state index in [4.69, 9.17) is 0 Å². The summed E-state index contributed by atoms with van der Waals surface area (Å²) in [5, 5.41) is 8.17. The van der Waals surface area contributed by atoms with Crippen molar-refractivity contribution < 1.29 is 9.59 Å². The maximum atomic E-state index is 12.0. The molecule has 0 aliphatic carbocycles. The predicted molar refractivity (Wildman–Crippen MR) is 90.5 cm³/mol. The van der Waals surface area contributed by atoms with E-state index < -0.39 is 0 Å². The number of pyridine rings is 1. The summed E-state index contributed by atoms with van der Waals surface area (Å²) in [5.41, 5.74) is 0.784. The Hall–Kier alpha value is -2.89. The Kier molecular flexibility index (Phi) is 4.95. The molecule has 120 valence electrons. The van der Waals surface area contributed by atoms with Crippen LogP contribution >= 0.6 is 0 Å². The quantitative estimate of drug-likeness (QED) is 0.813. The average Bonchev–Trinajstić information content (AvgIpc) is 2.48. The largest absolute Gasteiger partial charge is 0.333 e. The lowest BCUT2D eigenvalue weighted by Gasteiger charge is -2.20. The number of carbonyl (C=O) groups is 2. The molecule has 0 radical (unpaired) electrons. The molecule has 1 aromatic heterocycles. The van der Waals surface area contributed by atoms with Crippen molar-refractivity contribution in [3.63, 3.8) is 0 Å². The molecule has 0 aliphatic heterocycles. The molecule has 0 saturated carbocycles. The van der Waals surface area contributed by atoms with Crippen molar-refractivity contribution in [2.24, 2.45) is 0 Å². The number of aromatic nitrogens is 1. The summed E-state index contributed by atoms with van der Waals surface area (Å²) < 4.78 is 0. The zero-order valence-corrected chi connectivity index (χ0v) is 13.4. The van der Waals surface area contributed by atoms with Gasteiger partial charge < -0.3 is 16.0 Å². The molecule has 0 unspecified atom stereocenters. The maximum Gasteiger partial charge on any atom is 0.319 e. The van der Waals surface area contributed by atoms with Crippen LogP contribution in [0.4, 0.5) is 16.3 Å². The molecule has 0 saturated heterocycles. The molecule has 0 bridgehead atoms. The van der Waals surface area contributed by atoms with Gasteiger partial charge in [0.25, 0.3) is 5.91 Å². The summed E-state index contributed by atoms with van der Waals surface area (Å²) in [6.07, 6.45) is 1.49. The first-order valence-corrected chi connectivity index (χ1v) is 7.25. The monoisotopic (exact) mass is 312 g/mol. The van der Waals surface area contributed by atoms with E-state index in [1.54, 1.807) is 36.4 Å². The van der Waals surface area contributed by atoms with Gasteiger partial charge in [-0.05, 0) is 45.0 Å². The molecule has 6 heteroatoms. The smallest absolute Gasteiger partial charge is 0.319 e. The molecule has 0 fully saturated rings. The zero-order chi connectivity index (χ0) is 16.9. The van der Waals surface area contributed by atoms with Crippen LogP contribution in [0.1, 0.15) is 31.1 Å². The molecule has 0 spiro atoms. The number of anilines is 2. The van der Waals surface area contributed by atoms with Crippen LogP contribution in [0.5, 0.6) is 0 Å². The highest BCUT2D eigenvalue weighted by atomic mass is 16.2. The Labute approximate surface area is 135 Å². The van der Waals surface area contributed by atoms with Crippen molar-refractivity contribution in [2.45, 2.75) is 26.3 Å². The highest BCUT2D eigenvalue weighted by Gasteiger charge is 2.13. The summed E-state index contributed by atoms with van der Waals surface area (Å²) in [5.74, 6) is 0.185. The summed E-state index contributed by atoms with van der Waals surface area (Å²) >= 11 is 0. The van der Waals surface area contributed by atoms with Crippen LogP contribution in [-0.4, -0.2) is 22.5 Å². The van der Waals surface area contributed by atoms with Gasteiger partial charge >= 0.3 is 6.03 Å². The second-order valence-corrected chi connectivity index (χ2v) is 6.08. The number of amides is 3. The van der Waals surface area contributed by atoms with Crippen LogP contribution < -0.4 is 16.0 Å². The molecule has 3 amide bonds. The number of hydrogen-bond donors (Lipinski definition) is 3. The fourth-order valence-electron chi connectivity index (χ4n) is 1.82. The minimum Gasteiger partial charge on any atom is -0.333 e. The minimum absolute atomic E-state index is 0.232. The van der Waals surface area contributed by atoms with Crippen molar-refractivity contribution in [1.29, 1.82) is 0 Å². The molecular weight excluding hydrogens is 292 g/mol. The van der Waals surface area contributed by atoms with E-state index in [0.29, 0.717) is 17.1 Å². The second kappa shape index (κ2) is 6.91. The van der Waals surface area contributed by atoms with Gasteiger partial charge in [-0.25, -0.2) is 9.78 Å². The molecular formula is C17H20N4O2. The molecule has 1 aromatic carbocycles. The van der Waals surface area contributed by atoms with Crippen LogP contribution in [0, 0.1) is 0 Å². The Morgan fingerprint density at radius 1 is 0.957 bits per heavy atom. The molecule has 0 atom stereocenters. The van der Waals surface area contributed by atoms with Crippen LogP contribution in [0.2, 0.25) is 0 Å².